The van der Waals surface area contributed by atoms with Crippen LogP contribution in [-0.4, -0.2) is 40.4 Å². The SMILES string of the molecule is CCCCN(CC)C(=O)c1nc(C(C)C)ncc1NCC. The lowest BCUT2D eigenvalue weighted by Gasteiger charge is -2.22. The van der Waals surface area contributed by atoms with Crippen molar-refractivity contribution >= 4 is 11.6 Å². The summed E-state index contributed by atoms with van der Waals surface area (Å²) >= 11 is 0. The summed E-state index contributed by atoms with van der Waals surface area (Å²) in [7, 11) is 0. The number of rotatable bonds is 8. The van der Waals surface area contributed by atoms with Gasteiger partial charge in [0.25, 0.3) is 5.91 Å². The maximum Gasteiger partial charge on any atom is 0.274 e. The third-order valence-corrected chi connectivity index (χ3v) is 3.34. The second-order valence-electron chi connectivity index (χ2n) is 5.41. The number of anilines is 1. The number of nitrogens with zero attached hydrogens (tertiary/aromatic N) is 3. The van der Waals surface area contributed by atoms with E-state index in [1.807, 2.05) is 32.6 Å². The second kappa shape index (κ2) is 8.60. The molecule has 0 saturated heterocycles. The molecule has 1 amide bonds. The van der Waals surface area contributed by atoms with E-state index in [9.17, 15) is 4.79 Å². The van der Waals surface area contributed by atoms with Crippen LogP contribution in [0.4, 0.5) is 5.69 Å². The highest BCUT2D eigenvalue weighted by molar-refractivity contribution is 5.97. The molecule has 0 saturated carbocycles. The molecule has 0 aliphatic rings. The first-order valence-electron chi connectivity index (χ1n) is 7.95. The average molecular weight is 292 g/mol. The van der Waals surface area contributed by atoms with Gasteiger partial charge in [-0.1, -0.05) is 27.2 Å². The van der Waals surface area contributed by atoms with Crippen molar-refractivity contribution in [2.75, 3.05) is 25.0 Å². The number of unbranched alkanes of at least 4 members (excludes halogenated alkanes) is 1. The fourth-order valence-electron chi connectivity index (χ4n) is 2.06. The first-order chi connectivity index (χ1) is 10.0. The Morgan fingerprint density at radius 3 is 2.57 bits per heavy atom. The molecule has 0 fully saturated rings. The van der Waals surface area contributed by atoms with Gasteiger partial charge in [0.1, 0.15) is 5.82 Å². The molecule has 0 radical (unpaired) electrons. The number of hydrogen-bond acceptors (Lipinski definition) is 4. The quantitative estimate of drug-likeness (QED) is 0.798. The smallest absolute Gasteiger partial charge is 0.274 e. The van der Waals surface area contributed by atoms with Gasteiger partial charge in [0.05, 0.1) is 11.9 Å². The van der Waals surface area contributed by atoms with E-state index in [1.165, 1.54) is 0 Å². The molecule has 118 valence electrons. The highest BCUT2D eigenvalue weighted by atomic mass is 16.2. The van der Waals surface area contributed by atoms with Crippen molar-refractivity contribution < 1.29 is 4.79 Å². The summed E-state index contributed by atoms with van der Waals surface area (Å²) in [6, 6.07) is 0. The minimum Gasteiger partial charge on any atom is -0.382 e. The Labute approximate surface area is 128 Å². The molecule has 1 aromatic rings. The van der Waals surface area contributed by atoms with Gasteiger partial charge in [-0.3, -0.25) is 4.79 Å². The topological polar surface area (TPSA) is 58.1 Å². The lowest BCUT2D eigenvalue weighted by molar-refractivity contribution is 0.0757. The zero-order chi connectivity index (χ0) is 15.8. The molecule has 1 aromatic heterocycles. The monoisotopic (exact) mass is 292 g/mol. The Hall–Kier alpha value is -1.65. The first-order valence-corrected chi connectivity index (χ1v) is 7.95. The molecule has 5 nitrogen and oxygen atoms in total. The number of nitrogens with one attached hydrogen (secondary N) is 1. The van der Waals surface area contributed by atoms with Crippen molar-refractivity contribution in [3.05, 3.63) is 17.7 Å². The highest BCUT2D eigenvalue weighted by Crippen LogP contribution is 2.18. The summed E-state index contributed by atoms with van der Waals surface area (Å²) < 4.78 is 0. The molecule has 21 heavy (non-hydrogen) atoms. The third kappa shape index (κ3) is 4.69. The lowest BCUT2D eigenvalue weighted by Crippen LogP contribution is -2.33. The van der Waals surface area contributed by atoms with Crippen LogP contribution in [0.5, 0.6) is 0 Å². The van der Waals surface area contributed by atoms with Crippen LogP contribution in [0, 0.1) is 0 Å². The Bertz CT molecular complexity index is 460. The maximum absolute atomic E-state index is 12.7. The fourth-order valence-corrected chi connectivity index (χ4v) is 2.06. The van der Waals surface area contributed by atoms with Crippen molar-refractivity contribution in [3.8, 4) is 0 Å². The first kappa shape index (κ1) is 17.4. The van der Waals surface area contributed by atoms with E-state index >= 15 is 0 Å². The average Bonchev–Trinajstić information content (AvgIpc) is 2.48. The molecule has 0 unspecified atom stereocenters. The van der Waals surface area contributed by atoms with Crippen LogP contribution >= 0.6 is 0 Å². The van der Waals surface area contributed by atoms with Crippen LogP contribution in [-0.2, 0) is 0 Å². The van der Waals surface area contributed by atoms with Crippen molar-refractivity contribution in [1.29, 1.82) is 0 Å². The molecule has 1 N–H and O–H groups in total. The molecule has 5 heteroatoms. The van der Waals surface area contributed by atoms with Gasteiger partial charge in [-0.25, -0.2) is 9.97 Å². The number of amides is 1. The predicted molar refractivity (Wildman–Crippen MR) is 86.8 cm³/mol. The van der Waals surface area contributed by atoms with Crippen LogP contribution < -0.4 is 5.32 Å². The van der Waals surface area contributed by atoms with E-state index in [2.05, 4.69) is 22.2 Å². The second-order valence-corrected chi connectivity index (χ2v) is 5.41. The van der Waals surface area contributed by atoms with E-state index < -0.39 is 0 Å². The molecule has 0 aromatic carbocycles. The minimum absolute atomic E-state index is 0.00815. The molecule has 0 aliphatic heterocycles. The molecule has 1 heterocycles. The number of hydrogen-bond donors (Lipinski definition) is 1. The van der Waals surface area contributed by atoms with E-state index in [1.54, 1.807) is 6.20 Å². The predicted octanol–water partition coefficient (Wildman–Crippen LogP) is 3.29. The van der Waals surface area contributed by atoms with Gasteiger partial charge < -0.3 is 10.2 Å². The van der Waals surface area contributed by atoms with Gasteiger partial charge in [0, 0.05) is 25.6 Å². The maximum atomic E-state index is 12.7. The van der Waals surface area contributed by atoms with E-state index in [-0.39, 0.29) is 11.8 Å². The van der Waals surface area contributed by atoms with E-state index in [4.69, 9.17) is 0 Å². The Morgan fingerprint density at radius 2 is 2.05 bits per heavy atom. The molecule has 0 bridgehead atoms. The number of carbonyl (C=O) groups is 1. The summed E-state index contributed by atoms with van der Waals surface area (Å²) in [6.07, 6.45) is 3.82. The number of carbonyl (C=O) groups excluding carboxylic acids is 1. The lowest BCUT2D eigenvalue weighted by atomic mass is 10.2. The summed E-state index contributed by atoms with van der Waals surface area (Å²) in [5.41, 5.74) is 1.22. The van der Waals surface area contributed by atoms with Crippen LogP contribution in [0.1, 0.15) is 69.7 Å². The Morgan fingerprint density at radius 1 is 1.33 bits per heavy atom. The van der Waals surface area contributed by atoms with Crippen molar-refractivity contribution in [2.24, 2.45) is 0 Å². The molecule has 0 aliphatic carbocycles. The molecule has 1 rings (SSSR count). The van der Waals surface area contributed by atoms with Gasteiger partial charge in [-0.2, -0.15) is 0 Å². The normalized spacial score (nSPS) is 10.8. The third-order valence-electron chi connectivity index (χ3n) is 3.34. The van der Waals surface area contributed by atoms with Gasteiger partial charge in [-0.05, 0) is 20.3 Å². The van der Waals surface area contributed by atoms with Crippen LogP contribution in [0.2, 0.25) is 0 Å². The highest BCUT2D eigenvalue weighted by Gasteiger charge is 2.20. The fraction of sp³-hybridized carbons (Fsp3) is 0.688. The Balaban J connectivity index is 3.10. The molecule has 0 spiro atoms. The van der Waals surface area contributed by atoms with Gasteiger partial charge >= 0.3 is 0 Å². The standard InChI is InChI=1S/C16H28N4O/c1-6-9-10-20(8-3)16(21)14-13(17-7-2)11-18-15(19-14)12(4)5/h11-12,17H,6-10H2,1-5H3. The van der Waals surface area contributed by atoms with E-state index in [0.717, 1.165) is 31.6 Å². The minimum atomic E-state index is -0.00815. The summed E-state index contributed by atoms with van der Waals surface area (Å²) in [4.78, 5) is 23.5. The summed E-state index contributed by atoms with van der Waals surface area (Å²) in [5, 5.41) is 3.19. The van der Waals surface area contributed by atoms with Crippen molar-refractivity contribution in [3.63, 3.8) is 0 Å². The molecular weight excluding hydrogens is 264 g/mol. The largest absolute Gasteiger partial charge is 0.382 e. The van der Waals surface area contributed by atoms with Crippen LogP contribution in [0.3, 0.4) is 0 Å². The Kier molecular flexibility index (Phi) is 7.12. The van der Waals surface area contributed by atoms with E-state index in [0.29, 0.717) is 18.1 Å². The summed E-state index contributed by atoms with van der Waals surface area (Å²) in [5.74, 6) is 0.913. The molecular formula is C16H28N4O. The van der Waals surface area contributed by atoms with Gasteiger partial charge in [0.15, 0.2) is 5.69 Å². The summed E-state index contributed by atoms with van der Waals surface area (Å²) in [6.45, 7) is 12.4. The van der Waals surface area contributed by atoms with Crippen molar-refractivity contribution in [1.82, 2.24) is 14.9 Å². The molecule has 0 atom stereocenters. The van der Waals surface area contributed by atoms with Crippen molar-refractivity contribution in [2.45, 2.75) is 53.4 Å². The van der Waals surface area contributed by atoms with Gasteiger partial charge in [0.2, 0.25) is 0 Å². The zero-order valence-corrected chi connectivity index (χ0v) is 13.9. The van der Waals surface area contributed by atoms with Crippen LogP contribution in [0.25, 0.3) is 0 Å². The number of aromatic nitrogens is 2. The zero-order valence-electron chi connectivity index (χ0n) is 13.9. The van der Waals surface area contributed by atoms with Gasteiger partial charge in [-0.15, -0.1) is 0 Å². The van der Waals surface area contributed by atoms with Crippen LogP contribution in [0.15, 0.2) is 6.20 Å².